The van der Waals surface area contributed by atoms with E-state index in [9.17, 15) is 14.4 Å². The zero-order chi connectivity index (χ0) is 15.0. The van der Waals surface area contributed by atoms with E-state index in [0.29, 0.717) is 6.54 Å². The van der Waals surface area contributed by atoms with Crippen molar-refractivity contribution in [3.8, 4) is 0 Å². The van der Waals surface area contributed by atoms with Gasteiger partial charge in [0.2, 0.25) is 17.7 Å². The maximum Gasteiger partial charge on any atom is 0.249 e. The van der Waals surface area contributed by atoms with Gasteiger partial charge in [-0.3, -0.25) is 19.7 Å². The van der Waals surface area contributed by atoms with Crippen LogP contribution in [0.25, 0.3) is 0 Å². The summed E-state index contributed by atoms with van der Waals surface area (Å²) in [7, 11) is 0. The molecule has 2 N–H and O–H groups in total. The van der Waals surface area contributed by atoms with Crippen LogP contribution < -0.4 is 10.6 Å². The largest absolute Gasteiger partial charge is 0.321 e. The summed E-state index contributed by atoms with van der Waals surface area (Å²) < 4.78 is 0. The summed E-state index contributed by atoms with van der Waals surface area (Å²) in [5.74, 6) is -1.37. The summed E-state index contributed by atoms with van der Waals surface area (Å²) in [4.78, 5) is 37.4. The van der Waals surface area contributed by atoms with Crippen molar-refractivity contribution in [2.45, 2.75) is 25.4 Å². The van der Waals surface area contributed by atoms with Crippen LogP contribution in [0.1, 0.15) is 24.0 Å². The van der Waals surface area contributed by atoms with E-state index in [1.807, 2.05) is 24.3 Å². The first-order valence-electron chi connectivity index (χ1n) is 7.00. The Balaban J connectivity index is 1.89. The molecule has 110 valence electrons. The molecule has 0 aromatic heterocycles. The molecule has 3 amide bonds. The van der Waals surface area contributed by atoms with Crippen molar-refractivity contribution in [2.75, 3.05) is 13.1 Å². The normalized spacial score (nSPS) is 25.3. The van der Waals surface area contributed by atoms with Gasteiger partial charge in [0.05, 0.1) is 5.92 Å². The van der Waals surface area contributed by atoms with E-state index in [2.05, 4.69) is 10.6 Å². The zero-order valence-corrected chi connectivity index (χ0v) is 11.8. The quantitative estimate of drug-likeness (QED) is 0.698. The Hall–Kier alpha value is -2.21. The predicted molar refractivity (Wildman–Crippen MR) is 75.2 cm³/mol. The smallest absolute Gasteiger partial charge is 0.249 e. The van der Waals surface area contributed by atoms with Crippen LogP contribution in [0, 0.1) is 0 Å². The van der Waals surface area contributed by atoms with Crippen LogP contribution in [-0.4, -0.2) is 41.8 Å². The fourth-order valence-electron chi connectivity index (χ4n) is 2.90. The topological polar surface area (TPSA) is 78.5 Å². The molecule has 2 aliphatic heterocycles. The highest BCUT2D eigenvalue weighted by atomic mass is 16.2. The summed E-state index contributed by atoms with van der Waals surface area (Å²) in [6, 6.07) is 7.15. The van der Waals surface area contributed by atoms with E-state index in [0.717, 1.165) is 17.7 Å². The van der Waals surface area contributed by atoms with Crippen molar-refractivity contribution >= 4 is 17.7 Å². The summed E-state index contributed by atoms with van der Waals surface area (Å²) >= 11 is 0. The van der Waals surface area contributed by atoms with Crippen LogP contribution in [0.15, 0.2) is 24.3 Å². The van der Waals surface area contributed by atoms with Crippen molar-refractivity contribution in [1.29, 1.82) is 0 Å². The third-order valence-electron chi connectivity index (χ3n) is 4.10. The third kappa shape index (κ3) is 2.42. The molecular formula is C15H17N3O3. The molecule has 1 fully saturated rings. The second-order valence-electron chi connectivity index (χ2n) is 5.44. The number of hydrogen-bond donors (Lipinski definition) is 2. The van der Waals surface area contributed by atoms with E-state index in [1.54, 1.807) is 6.92 Å². The minimum absolute atomic E-state index is 0.0651. The maximum atomic E-state index is 12.8. The Morgan fingerprint density at radius 1 is 1.29 bits per heavy atom. The number of hydrogen-bond acceptors (Lipinski definition) is 4. The summed E-state index contributed by atoms with van der Waals surface area (Å²) in [6.07, 6.45) is 0. The highest BCUT2D eigenvalue weighted by Crippen LogP contribution is 2.26. The first kappa shape index (κ1) is 13.8. The molecule has 0 aliphatic carbocycles. The molecular weight excluding hydrogens is 270 g/mol. The number of carbonyl (C=O) groups is 3. The van der Waals surface area contributed by atoms with E-state index in [-0.39, 0.29) is 18.4 Å². The van der Waals surface area contributed by atoms with E-state index in [1.165, 1.54) is 4.90 Å². The second kappa shape index (κ2) is 5.29. The van der Waals surface area contributed by atoms with Gasteiger partial charge in [-0.15, -0.1) is 0 Å². The molecule has 0 spiro atoms. The molecule has 6 heteroatoms. The second-order valence-corrected chi connectivity index (χ2v) is 5.44. The number of nitrogens with one attached hydrogen (secondary N) is 2. The highest BCUT2D eigenvalue weighted by Gasteiger charge is 2.38. The van der Waals surface area contributed by atoms with Gasteiger partial charge in [0.1, 0.15) is 12.6 Å². The van der Waals surface area contributed by atoms with Crippen molar-refractivity contribution < 1.29 is 14.4 Å². The minimum Gasteiger partial charge on any atom is -0.321 e. The average Bonchev–Trinajstić information content (AvgIpc) is 2.49. The number of piperazine rings is 1. The van der Waals surface area contributed by atoms with Gasteiger partial charge in [-0.1, -0.05) is 24.3 Å². The monoisotopic (exact) mass is 287 g/mol. The SMILES string of the molecule is CC1C(=O)NC(=O)CN1C(=O)C1CNCc2ccccc21. The summed E-state index contributed by atoms with van der Waals surface area (Å²) in [6.45, 7) is 2.83. The maximum absolute atomic E-state index is 12.8. The lowest BCUT2D eigenvalue weighted by molar-refractivity contribution is -0.150. The van der Waals surface area contributed by atoms with Crippen molar-refractivity contribution in [2.24, 2.45) is 0 Å². The molecule has 0 bridgehead atoms. The van der Waals surface area contributed by atoms with Crippen LogP contribution in [0.2, 0.25) is 0 Å². The number of fused-ring (bicyclic) bond motifs is 1. The Bertz CT molecular complexity index is 614. The lowest BCUT2D eigenvalue weighted by atomic mass is 9.89. The number of rotatable bonds is 1. The average molecular weight is 287 g/mol. The highest BCUT2D eigenvalue weighted by molar-refractivity contribution is 6.04. The molecule has 21 heavy (non-hydrogen) atoms. The molecule has 2 aliphatic rings. The van der Waals surface area contributed by atoms with Gasteiger partial charge in [-0.25, -0.2) is 0 Å². The molecule has 1 saturated heterocycles. The van der Waals surface area contributed by atoms with Crippen LogP contribution in [0.4, 0.5) is 0 Å². The molecule has 2 unspecified atom stereocenters. The van der Waals surface area contributed by atoms with Crippen molar-refractivity contribution in [3.63, 3.8) is 0 Å². The number of nitrogens with zero attached hydrogens (tertiary/aromatic N) is 1. The Morgan fingerprint density at radius 2 is 2.05 bits per heavy atom. The van der Waals surface area contributed by atoms with Gasteiger partial charge in [-0.2, -0.15) is 0 Å². The van der Waals surface area contributed by atoms with Gasteiger partial charge in [-0.05, 0) is 18.1 Å². The molecule has 2 heterocycles. The number of amides is 3. The third-order valence-corrected chi connectivity index (χ3v) is 4.10. The van der Waals surface area contributed by atoms with Crippen LogP contribution >= 0.6 is 0 Å². The minimum atomic E-state index is -0.621. The first-order chi connectivity index (χ1) is 10.1. The van der Waals surface area contributed by atoms with E-state index >= 15 is 0 Å². The molecule has 3 rings (SSSR count). The van der Waals surface area contributed by atoms with Gasteiger partial charge in [0.25, 0.3) is 0 Å². The van der Waals surface area contributed by atoms with E-state index < -0.39 is 17.9 Å². The molecule has 0 saturated carbocycles. The number of imide groups is 1. The Morgan fingerprint density at radius 3 is 2.86 bits per heavy atom. The van der Waals surface area contributed by atoms with Crippen molar-refractivity contribution in [1.82, 2.24) is 15.5 Å². The van der Waals surface area contributed by atoms with Gasteiger partial charge < -0.3 is 10.2 Å². The van der Waals surface area contributed by atoms with Crippen molar-refractivity contribution in [3.05, 3.63) is 35.4 Å². The molecule has 0 radical (unpaired) electrons. The number of carbonyl (C=O) groups excluding carboxylic acids is 3. The van der Waals surface area contributed by atoms with Crippen LogP contribution in [0.3, 0.4) is 0 Å². The van der Waals surface area contributed by atoms with E-state index in [4.69, 9.17) is 0 Å². The molecule has 2 atom stereocenters. The predicted octanol–water partition coefficient (Wildman–Crippen LogP) is -0.253. The fourth-order valence-corrected chi connectivity index (χ4v) is 2.90. The zero-order valence-electron chi connectivity index (χ0n) is 11.8. The van der Waals surface area contributed by atoms with Gasteiger partial charge in [0, 0.05) is 13.1 Å². The Kier molecular flexibility index (Phi) is 3.47. The standard InChI is InChI=1S/C15H17N3O3/c1-9-14(20)17-13(19)8-18(9)15(21)12-7-16-6-10-4-2-3-5-11(10)12/h2-5,9,12,16H,6-8H2,1H3,(H,17,19,20). The van der Waals surface area contributed by atoms with Crippen LogP contribution in [0.5, 0.6) is 0 Å². The fraction of sp³-hybridized carbons (Fsp3) is 0.400. The molecule has 1 aromatic carbocycles. The molecule has 1 aromatic rings. The Labute approximate surface area is 122 Å². The molecule has 6 nitrogen and oxygen atoms in total. The van der Waals surface area contributed by atoms with Gasteiger partial charge in [0.15, 0.2) is 0 Å². The lowest BCUT2D eigenvalue weighted by Gasteiger charge is -2.36. The van der Waals surface area contributed by atoms with Gasteiger partial charge >= 0.3 is 0 Å². The number of benzene rings is 1. The lowest BCUT2D eigenvalue weighted by Crippen LogP contribution is -2.60. The summed E-state index contributed by atoms with van der Waals surface area (Å²) in [5.41, 5.74) is 2.06. The van der Waals surface area contributed by atoms with Crippen LogP contribution in [-0.2, 0) is 20.9 Å². The summed E-state index contributed by atoms with van der Waals surface area (Å²) in [5, 5.41) is 5.46. The first-order valence-corrected chi connectivity index (χ1v) is 7.00.